The van der Waals surface area contributed by atoms with Crippen molar-refractivity contribution in [3.05, 3.63) is 48.0 Å². The topological polar surface area (TPSA) is 42.5 Å². The molecule has 0 unspecified atom stereocenters. The third kappa shape index (κ3) is 4.60. The van der Waals surface area contributed by atoms with Crippen LogP contribution in [-0.2, 0) is 0 Å². The molecule has 5 heteroatoms. The molecule has 2 aromatic carbocycles. The van der Waals surface area contributed by atoms with Crippen LogP contribution in [0.5, 0.6) is 11.5 Å². The Morgan fingerprint density at radius 3 is 2.00 bits per heavy atom. The molecule has 2 N–H and O–H groups in total. The molecular weight excluding hydrogens is 308 g/mol. The quantitative estimate of drug-likeness (QED) is 0.782. The van der Waals surface area contributed by atoms with Crippen molar-refractivity contribution < 1.29 is 9.47 Å². The second-order valence-corrected chi connectivity index (χ2v) is 5.83. The Morgan fingerprint density at radius 2 is 1.43 bits per heavy atom. The van der Waals surface area contributed by atoms with Crippen LogP contribution in [0, 0.1) is 0 Å². The van der Waals surface area contributed by atoms with E-state index in [1.165, 1.54) is 5.56 Å². The molecule has 2 aromatic rings. The van der Waals surface area contributed by atoms with Crippen molar-refractivity contribution in [3.8, 4) is 11.5 Å². The summed E-state index contributed by atoms with van der Waals surface area (Å²) >= 11 is 5.35. The number of rotatable bonds is 5. The van der Waals surface area contributed by atoms with Crippen LogP contribution in [0.1, 0.15) is 25.3 Å². The Morgan fingerprint density at radius 1 is 0.870 bits per heavy atom. The second kappa shape index (κ2) is 7.83. The Balaban J connectivity index is 2.01. The Hall–Kier alpha value is -2.27. The lowest BCUT2D eigenvalue weighted by Gasteiger charge is -2.13. The van der Waals surface area contributed by atoms with Crippen molar-refractivity contribution in [1.29, 1.82) is 0 Å². The molecule has 2 rings (SSSR count). The average molecular weight is 330 g/mol. The van der Waals surface area contributed by atoms with Crippen LogP contribution < -0.4 is 20.1 Å². The van der Waals surface area contributed by atoms with E-state index in [0.29, 0.717) is 22.5 Å². The summed E-state index contributed by atoms with van der Waals surface area (Å²) < 4.78 is 10.5. The first-order chi connectivity index (χ1) is 11.0. The molecule has 0 heterocycles. The van der Waals surface area contributed by atoms with Gasteiger partial charge in [0.25, 0.3) is 0 Å². The Kier molecular flexibility index (Phi) is 5.82. The van der Waals surface area contributed by atoms with Crippen LogP contribution in [0.15, 0.2) is 42.5 Å². The van der Waals surface area contributed by atoms with Crippen LogP contribution in [0.2, 0.25) is 0 Å². The maximum Gasteiger partial charge on any atom is 0.175 e. The molecule has 0 spiro atoms. The fraction of sp³-hybridized carbons (Fsp3) is 0.278. The summed E-state index contributed by atoms with van der Waals surface area (Å²) in [6, 6.07) is 13.8. The van der Waals surface area contributed by atoms with Gasteiger partial charge in [-0.25, -0.2) is 0 Å². The third-order valence-electron chi connectivity index (χ3n) is 3.48. The molecule has 4 nitrogen and oxygen atoms in total. The number of nitrogens with one attached hydrogen (secondary N) is 2. The summed E-state index contributed by atoms with van der Waals surface area (Å²) in [7, 11) is 3.21. The minimum Gasteiger partial charge on any atom is -0.493 e. The summed E-state index contributed by atoms with van der Waals surface area (Å²) in [5.41, 5.74) is 3.08. The van der Waals surface area contributed by atoms with Gasteiger partial charge in [-0.15, -0.1) is 0 Å². The van der Waals surface area contributed by atoms with Gasteiger partial charge in [0.05, 0.1) is 14.2 Å². The minimum absolute atomic E-state index is 0.515. The van der Waals surface area contributed by atoms with Gasteiger partial charge in [-0.3, -0.25) is 0 Å². The number of anilines is 2. The monoisotopic (exact) mass is 330 g/mol. The van der Waals surface area contributed by atoms with Crippen molar-refractivity contribution in [3.63, 3.8) is 0 Å². The average Bonchev–Trinajstić information content (AvgIpc) is 2.55. The number of hydrogen-bond donors (Lipinski definition) is 2. The molecule has 0 bridgehead atoms. The van der Waals surface area contributed by atoms with E-state index >= 15 is 0 Å². The fourth-order valence-corrected chi connectivity index (χ4v) is 2.39. The summed E-state index contributed by atoms with van der Waals surface area (Å²) in [5, 5.41) is 6.83. The molecule has 122 valence electrons. The zero-order chi connectivity index (χ0) is 16.8. The van der Waals surface area contributed by atoms with E-state index in [-0.39, 0.29) is 0 Å². The van der Waals surface area contributed by atoms with Crippen LogP contribution >= 0.6 is 12.2 Å². The number of hydrogen-bond acceptors (Lipinski definition) is 3. The predicted molar refractivity (Wildman–Crippen MR) is 99.9 cm³/mol. The van der Waals surface area contributed by atoms with Gasteiger partial charge in [0.1, 0.15) is 0 Å². The maximum atomic E-state index is 5.35. The summed E-state index contributed by atoms with van der Waals surface area (Å²) in [6.07, 6.45) is 0. The van der Waals surface area contributed by atoms with E-state index in [2.05, 4.69) is 36.6 Å². The van der Waals surface area contributed by atoms with E-state index < -0.39 is 0 Å². The van der Waals surface area contributed by atoms with Crippen LogP contribution in [0.3, 0.4) is 0 Å². The first kappa shape index (κ1) is 17.1. The molecule has 0 saturated carbocycles. The molecule has 0 aliphatic rings. The molecule has 0 aliphatic heterocycles. The molecular formula is C18H22N2O2S. The van der Waals surface area contributed by atoms with Gasteiger partial charge in [0.2, 0.25) is 0 Å². The molecule has 0 radical (unpaired) electrons. The lowest BCUT2D eigenvalue weighted by Crippen LogP contribution is -2.19. The molecule has 0 aromatic heterocycles. The molecule has 0 aliphatic carbocycles. The van der Waals surface area contributed by atoms with Gasteiger partial charge in [-0.05, 0) is 48.0 Å². The summed E-state index contributed by atoms with van der Waals surface area (Å²) in [6.45, 7) is 4.34. The zero-order valence-electron chi connectivity index (χ0n) is 13.8. The van der Waals surface area contributed by atoms with E-state index in [9.17, 15) is 0 Å². The van der Waals surface area contributed by atoms with Crippen molar-refractivity contribution >= 4 is 28.7 Å². The van der Waals surface area contributed by atoms with Crippen LogP contribution in [0.4, 0.5) is 11.4 Å². The minimum atomic E-state index is 0.515. The highest BCUT2D eigenvalue weighted by atomic mass is 32.1. The maximum absolute atomic E-state index is 5.35. The van der Waals surface area contributed by atoms with Gasteiger partial charge in [-0.2, -0.15) is 0 Å². The zero-order valence-corrected chi connectivity index (χ0v) is 14.7. The fourth-order valence-electron chi connectivity index (χ4n) is 2.16. The van der Waals surface area contributed by atoms with E-state index in [1.54, 1.807) is 14.2 Å². The first-order valence-corrected chi connectivity index (χ1v) is 7.84. The first-order valence-electron chi connectivity index (χ1n) is 7.43. The van der Waals surface area contributed by atoms with Crippen molar-refractivity contribution in [1.82, 2.24) is 0 Å². The van der Waals surface area contributed by atoms with Crippen molar-refractivity contribution in [2.24, 2.45) is 0 Å². The van der Waals surface area contributed by atoms with Crippen LogP contribution in [-0.4, -0.2) is 19.3 Å². The Labute approximate surface area is 142 Å². The summed E-state index contributed by atoms with van der Waals surface area (Å²) in [4.78, 5) is 0. The van der Waals surface area contributed by atoms with E-state index in [0.717, 1.165) is 11.4 Å². The van der Waals surface area contributed by atoms with Crippen molar-refractivity contribution in [2.45, 2.75) is 19.8 Å². The lowest BCUT2D eigenvalue weighted by molar-refractivity contribution is 0.355. The van der Waals surface area contributed by atoms with Gasteiger partial charge in [0.15, 0.2) is 16.6 Å². The second-order valence-electron chi connectivity index (χ2n) is 5.43. The SMILES string of the molecule is COc1ccc(NC(=S)Nc2ccc(C(C)C)cc2)cc1OC. The molecule has 0 fully saturated rings. The van der Waals surface area contributed by atoms with Gasteiger partial charge < -0.3 is 20.1 Å². The third-order valence-corrected chi connectivity index (χ3v) is 3.68. The molecule has 0 saturated heterocycles. The highest BCUT2D eigenvalue weighted by molar-refractivity contribution is 7.80. The smallest absolute Gasteiger partial charge is 0.175 e. The molecule has 0 amide bonds. The largest absolute Gasteiger partial charge is 0.493 e. The summed E-state index contributed by atoms with van der Waals surface area (Å²) in [5.74, 6) is 1.85. The van der Waals surface area contributed by atoms with Crippen LogP contribution in [0.25, 0.3) is 0 Å². The predicted octanol–water partition coefficient (Wildman–Crippen LogP) is 4.64. The van der Waals surface area contributed by atoms with Crippen molar-refractivity contribution in [2.75, 3.05) is 24.9 Å². The standard InChI is InChI=1S/C18H22N2O2S/c1-12(2)13-5-7-14(8-6-13)19-18(23)20-15-9-10-16(21-3)17(11-15)22-4/h5-12H,1-4H3,(H2,19,20,23). The molecule has 0 atom stereocenters. The Bertz CT molecular complexity index is 669. The number of thiocarbonyl (C=S) groups is 1. The number of ether oxygens (including phenoxy) is 2. The lowest BCUT2D eigenvalue weighted by atomic mass is 10.0. The van der Waals surface area contributed by atoms with Gasteiger partial charge in [0, 0.05) is 17.4 Å². The molecule has 23 heavy (non-hydrogen) atoms. The van der Waals surface area contributed by atoms with Gasteiger partial charge in [-0.1, -0.05) is 26.0 Å². The van der Waals surface area contributed by atoms with Gasteiger partial charge >= 0.3 is 0 Å². The normalized spacial score (nSPS) is 10.3. The highest BCUT2D eigenvalue weighted by Crippen LogP contribution is 2.29. The van der Waals surface area contributed by atoms with E-state index in [1.807, 2.05) is 30.3 Å². The number of methoxy groups -OCH3 is 2. The highest BCUT2D eigenvalue weighted by Gasteiger charge is 2.06. The van der Waals surface area contributed by atoms with E-state index in [4.69, 9.17) is 21.7 Å². The number of benzene rings is 2.